The van der Waals surface area contributed by atoms with Gasteiger partial charge in [0.05, 0.1) is 11.4 Å². The maximum absolute atomic E-state index is 4.41. The van der Waals surface area contributed by atoms with Crippen molar-refractivity contribution in [2.45, 2.75) is 60.3 Å². The molecule has 1 rings (SSSR count). The zero-order chi connectivity index (χ0) is 13.3. The van der Waals surface area contributed by atoms with Crippen molar-refractivity contribution in [3.05, 3.63) is 23.5 Å². The third kappa shape index (κ3) is 3.79. The Kier molecular flexibility index (Phi) is 3.95. The maximum Gasteiger partial charge on any atom is 0.0690 e. The van der Waals surface area contributed by atoms with E-state index in [1.807, 2.05) is 0 Å². The van der Waals surface area contributed by atoms with Gasteiger partial charge < -0.3 is 0 Å². The molecule has 0 aliphatic heterocycles. The highest BCUT2D eigenvalue weighted by Gasteiger charge is 2.26. The monoisotopic (exact) mass is 234 g/mol. The highest BCUT2D eigenvalue weighted by molar-refractivity contribution is 5.16. The molecule has 1 aromatic heterocycles. The fraction of sp³-hybridized carbons (Fsp3) is 0.733. The summed E-state index contributed by atoms with van der Waals surface area (Å²) in [5, 5.41) is 8.77. The molecule has 2 heteroatoms. The summed E-state index contributed by atoms with van der Waals surface area (Å²) in [6.45, 7) is 15.6. The second kappa shape index (κ2) is 4.75. The van der Waals surface area contributed by atoms with E-state index in [9.17, 15) is 0 Å². The Labute approximate surface area is 106 Å². The van der Waals surface area contributed by atoms with E-state index in [0.717, 1.165) is 17.8 Å². The van der Waals surface area contributed by atoms with Gasteiger partial charge in [-0.1, -0.05) is 48.5 Å². The van der Waals surface area contributed by atoms with Gasteiger partial charge in [0.15, 0.2) is 0 Å². The Balaban J connectivity index is 2.89. The third-order valence-electron chi connectivity index (χ3n) is 3.53. The minimum Gasteiger partial charge on any atom is -0.155 e. The van der Waals surface area contributed by atoms with Gasteiger partial charge >= 0.3 is 0 Å². The van der Waals surface area contributed by atoms with Crippen molar-refractivity contribution >= 4 is 0 Å². The molecule has 0 N–H and O–H groups in total. The first-order chi connectivity index (χ1) is 7.63. The first kappa shape index (κ1) is 14.1. The van der Waals surface area contributed by atoms with E-state index in [1.54, 1.807) is 0 Å². The Morgan fingerprint density at radius 2 is 1.59 bits per heavy atom. The first-order valence-electron chi connectivity index (χ1n) is 6.46. The average Bonchev–Trinajstić information content (AvgIpc) is 2.15. The molecule has 17 heavy (non-hydrogen) atoms. The summed E-state index contributed by atoms with van der Waals surface area (Å²) in [7, 11) is 0. The van der Waals surface area contributed by atoms with Crippen molar-refractivity contribution in [1.82, 2.24) is 10.2 Å². The Morgan fingerprint density at radius 3 is 1.94 bits per heavy atom. The molecule has 0 spiro atoms. The number of hydrogen-bond acceptors (Lipinski definition) is 2. The van der Waals surface area contributed by atoms with Crippen molar-refractivity contribution in [3.63, 3.8) is 0 Å². The van der Waals surface area contributed by atoms with Crippen LogP contribution in [0.25, 0.3) is 0 Å². The lowest BCUT2D eigenvalue weighted by atomic mass is 9.78. The molecule has 96 valence electrons. The van der Waals surface area contributed by atoms with Crippen molar-refractivity contribution in [3.8, 4) is 0 Å². The summed E-state index contributed by atoms with van der Waals surface area (Å²) in [5.74, 6) is 0.560. The number of nitrogens with zero attached hydrogens (tertiary/aromatic N) is 2. The molecular formula is C15H26N2. The van der Waals surface area contributed by atoms with Gasteiger partial charge in [0.2, 0.25) is 0 Å². The minimum absolute atomic E-state index is 0.0905. The molecule has 0 radical (unpaired) electrons. The second-order valence-electron chi connectivity index (χ2n) is 7.02. The minimum atomic E-state index is 0.0905. The first-order valence-corrected chi connectivity index (χ1v) is 6.46. The van der Waals surface area contributed by atoms with Gasteiger partial charge in [0.1, 0.15) is 0 Å². The van der Waals surface area contributed by atoms with Crippen molar-refractivity contribution < 1.29 is 0 Å². The fourth-order valence-corrected chi connectivity index (χ4v) is 1.64. The Bertz CT molecular complexity index is 356. The second-order valence-corrected chi connectivity index (χ2v) is 7.02. The lowest BCUT2D eigenvalue weighted by molar-refractivity contribution is 0.356. The molecular weight excluding hydrogens is 208 g/mol. The van der Waals surface area contributed by atoms with Gasteiger partial charge in [-0.25, -0.2) is 0 Å². The van der Waals surface area contributed by atoms with Crippen LogP contribution in [-0.2, 0) is 11.8 Å². The van der Waals surface area contributed by atoms with Crippen LogP contribution in [0.5, 0.6) is 0 Å². The van der Waals surface area contributed by atoms with E-state index in [-0.39, 0.29) is 10.8 Å². The van der Waals surface area contributed by atoms with Crippen LogP contribution in [0.3, 0.4) is 0 Å². The number of rotatable bonds is 3. The van der Waals surface area contributed by atoms with Crippen molar-refractivity contribution in [2.75, 3.05) is 0 Å². The molecule has 0 aliphatic rings. The maximum atomic E-state index is 4.41. The standard InChI is InChI=1S/C15H26N2/c1-11(2)15(6,7)13-9-8-12(16-17-13)10-14(3,4)5/h8-9,11H,10H2,1-7H3. The lowest BCUT2D eigenvalue weighted by Crippen LogP contribution is -2.26. The zero-order valence-corrected chi connectivity index (χ0v) is 12.3. The smallest absolute Gasteiger partial charge is 0.0690 e. The average molecular weight is 234 g/mol. The Morgan fingerprint density at radius 1 is 1.00 bits per heavy atom. The van der Waals surface area contributed by atoms with Crippen LogP contribution < -0.4 is 0 Å². The molecule has 0 saturated carbocycles. The molecule has 1 aromatic rings. The van der Waals surface area contributed by atoms with Gasteiger partial charge in [-0.05, 0) is 29.9 Å². The number of aromatic nitrogens is 2. The summed E-state index contributed by atoms with van der Waals surface area (Å²) < 4.78 is 0. The highest BCUT2D eigenvalue weighted by Crippen LogP contribution is 2.29. The van der Waals surface area contributed by atoms with Crippen LogP contribution in [0.15, 0.2) is 12.1 Å². The topological polar surface area (TPSA) is 25.8 Å². The summed E-state index contributed by atoms with van der Waals surface area (Å²) in [4.78, 5) is 0. The van der Waals surface area contributed by atoms with Crippen LogP contribution in [0.4, 0.5) is 0 Å². The summed E-state index contributed by atoms with van der Waals surface area (Å²) in [6, 6.07) is 4.26. The summed E-state index contributed by atoms with van der Waals surface area (Å²) >= 11 is 0. The normalized spacial score (nSPS) is 13.2. The number of hydrogen-bond donors (Lipinski definition) is 0. The molecule has 0 unspecified atom stereocenters. The molecule has 0 atom stereocenters. The molecule has 0 aromatic carbocycles. The van der Waals surface area contributed by atoms with E-state index in [2.05, 4.69) is 70.8 Å². The van der Waals surface area contributed by atoms with Crippen LogP contribution in [0.1, 0.15) is 59.9 Å². The molecule has 0 saturated heterocycles. The molecule has 0 aliphatic carbocycles. The van der Waals surface area contributed by atoms with E-state index in [0.29, 0.717) is 5.92 Å². The predicted octanol–water partition coefficient (Wildman–Crippen LogP) is 4.00. The predicted molar refractivity (Wildman–Crippen MR) is 73.1 cm³/mol. The van der Waals surface area contributed by atoms with Gasteiger partial charge in [-0.3, -0.25) is 0 Å². The summed E-state index contributed by atoms with van der Waals surface area (Å²) in [5.41, 5.74) is 2.53. The molecule has 0 bridgehead atoms. The highest BCUT2D eigenvalue weighted by atomic mass is 15.1. The van der Waals surface area contributed by atoms with Gasteiger partial charge in [0.25, 0.3) is 0 Å². The van der Waals surface area contributed by atoms with Crippen molar-refractivity contribution in [2.24, 2.45) is 11.3 Å². The van der Waals surface area contributed by atoms with Crippen LogP contribution >= 0.6 is 0 Å². The Hall–Kier alpha value is -0.920. The summed E-state index contributed by atoms with van der Waals surface area (Å²) in [6.07, 6.45) is 0.975. The quantitative estimate of drug-likeness (QED) is 0.790. The third-order valence-corrected chi connectivity index (χ3v) is 3.53. The molecule has 0 amide bonds. The van der Waals surface area contributed by atoms with Crippen LogP contribution in [-0.4, -0.2) is 10.2 Å². The molecule has 0 fully saturated rings. The molecule has 1 heterocycles. The van der Waals surface area contributed by atoms with E-state index < -0.39 is 0 Å². The zero-order valence-electron chi connectivity index (χ0n) is 12.3. The van der Waals surface area contributed by atoms with E-state index in [4.69, 9.17) is 0 Å². The van der Waals surface area contributed by atoms with Crippen molar-refractivity contribution in [1.29, 1.82) is 0 Å². The van der Waals surface area contributed by atoms with Crippen LogP contribution in [0, 0.1) is 11.3 Å². The SMILES string of the molecule is CC(C)C(C)(C)c1ccc(CC(C)(C)C)nn1. The van der Waals surface area contributed by atoms with Gasteiger partial charge in [0, 0.05) is 5.41 Å². The fourth-order valence-electron chi connectivity index (χ4n) is 1.64. The van der Waals surface area contributed by atoms with Crippen LogP contribution in [0.2, 0.25) is 0 Å². The van der Waals surface area contributed by atoms with Gasteiger partial charge in [-0.2, -0.15) is 10.2 Å². The van der Waals surface area contributed by atoms with Gasteiger partial charge in [-0.15, -0.1) is 0 Å². The lowest BCUT2D eigenvalue weighted by Gasteiger charge is -2.28. The van der Waals surface area contributed by atoms with E-state index >= 15 is 0 Å². The largest absolute Gasteiger partial charge is 0.155 e. The molecule has 2 nitrogen and oxygen atoms in total. The van der Waals surface area contributed by atoms with E-state index in [1.165, 1.54) is 0 Å².